The number of hydrogen-bond donors (Lipinski definition) is 1. The van der Waals surface area contributed by atoms with Crippen molar-refractivity contribution in [3.8, 4) is 11.5 Å². The molecule has 0 bridgehead atoms. The van der Waals surface area contributed by atoms with E-state index >= 15 is 0 Å². The van der Waals surface area contributed by atoms with Gasteiger partial charge in [-0.1, -0.05) is 12.1 Å². The van der Waals surface area contributed by atoms with E-state index in [0.29, 0.717) is 24.5 Å². The molecule has 0 unspecified atom stereocenters. The Kier molecular flexibility index (Phi) is 8.49. The maximum absolute atomic E-state index is 12.8. The monoisotopic (exact) mass is 451 g/mol. The van der Waals surface area contributed by atoms with Gasteiger partial charge in [0, 0.05) is 31.9 Å². The number of benzene rings is 2. The summed E-state index contributed by atoms with van der Waals surface area (Å²) in [7, 11) is 5.31. The molecule has 0 radical (unpaired) electrons. The van der Waals surface area contributed by atoms with Gasteiger partial charge in [-0.3, -0.25) is 9.59 Å². The topological polar surface area (TPSA) is 71.1 Å². The zero-order valence-electron chi connectivity index (χ0n) is 19.9. The summed E-state index contributed by atoms with van der Waals surface area (Å²) in [5.74, 6) is 1.31. The molecule has 7 heteroatoms. The predicted molar refractivity (Wildman–Crippen MR) is 131 cm³/mol. The molecule has 1 aliphatic heterocycles. The Morgan fingerprint density at radius 3 is 2.45 bits per heavy atom. The Hall–Kier alpha value is -3.32. The number of anilines is 1. The fraction of sp³-hybridized carbons (Fsp3) is 0.385. The summed E-state index contributed by atoms with van der Waals surface area (Å²) >= 11 is 0. The molecule has 7 nitrogen and oxygen atoms in total. The van der Waals surface area contributed by atoms with E-state index < -0.39 is 0 Å². The Bertz CT molecular complexity index is 1000. The minimum absolute atomic E-state index is 0.0662. The molecule has 1 N–H and O–H groups in total. The molecule has 0 aromatic heterocycles. The third-order valence-corrected chi connectivity index (χ3v) is 5.74. The maximum Gasteiger partial charge on any atom is 0.230 e. The van der Waals surface area contributed by atoms with Crippen molar-refractivity contribution < 1.29 is 19.1 Å². The van der Waals surface area contributed by atoms with Crippen LogP contribution in [-0.2, 0) is 22.4 Å². The van der Waals surface area contributed by atoms with Crippen LogP contribution in [0.25, 0.3) is 6.08 Å². The molecule has 0 saturated carbocycles. The quantitative estimate of drug-likeness (QED) is 0.598. The molecule has 2 amide bonds. The Morgan fingerprint density at radius 1 is 1.09 bits per heavy atom. The van der Waals surface area contributed by atoms with Gasteiger partial charge in [0.25, 0.3) is 0 Å². The predicted octanol–water partition coefficient (Wildman–Crippen LogP) is 3.58. The van der Waals surface area contributed by atoms with Crippen molar-refractivity contribution >= 4 is 23.6 Å². The number of methoxy groups -OCH3 is 2. The smallest absolute Gasteiger partial charge is 0.230 e. The molecule has 176 valence electrons. The van der Waals surface area contributed by atoms with Gasteiger partial charge in [-0.05, 0) is 73.5 Å². The number of nitrogens with zero attached hydrogens (tertiary/aromatic N) is 2. The van der Waals surface area contributed by atoms with Crippen molar-refractivity contribution in [3.05, 3.63) is 59.3 Å². The number of likely N-dealkylation sites (N-methyl/N-ethyl adjacent to an activating group) is 1. The second-order valence-electron chi connectivity index (χ2n) is 8.27. The number of amides is 2. The van der Waals surface area contributed by atoms with Gasteiger partial charge in [0.2, 0.25) is 11.8 Å². The molecule has 0 fully saturated rings. The van der Waals surface area contributed by atoms with E-state index in [1.807, 2.05) is 48.7 Å². The molecule has 2 aromatic carbocycles. The van der Waals surface area contributed by atoms with Crippen molar-refractivity contribution in [1.29, 1.82) is 0 Å². The lowest BCUT2D eigenvalue weighted by Crippen LogP contribution is -2.30. The SMILES string of the molecule is COc1cc2c(cc1OC)CC(=O)N(CCCN(C)CCc1ccc(NC(C)=O)cc1)C=C2. The molecule has 0 aliphatic carbocycles. The number of carbonyl (C=O) groups is 2. The number of ether oxygens (including phenoxy) is 2. The summed E-state index contributed by atoms with van der Waals surface area (Å²) in [5.41, 5.74) is 3.96. The summed E-state index contributed by atoms with van der Waals surface area (Å²) in [6.45, 7) is 4.00. The highest BCUT2D eigenvalue weighted by molar-refractivity contribution is 5.88. The molecule has 1 aliphatic rings. The number of rotatable bonds is 10. The first kappa shape index (κ1) is 24.3. The van der Waals surface area contributed by atoms with E-state index in [1.165, 1.54) is 12.5 Å². The van der Waals surface area contributed by atoms with E-state index in [1.54, 1.807) is 19.1 Å². The van der Waals surface area contributed by atoms with Crippen LogP contribution in [0, 0.1) is 0 Å². The van der Waals surface area contributed by atoms with Gasteiger partial charge >= 0.3 is 0 Å². The third kappa shape index (κ3) is 6.83. The van der Waals surface area contributed by atoms with Crippen LogP contribution < -0.4 is 14.8 Å². The first-order valence-corrected chi connectivity index (χ1v) is 11.2. The van der Waals surface area contributed by atoms with Crippen molar-refractivity contribution in [2.75, 3.05) is 46.2 Å². The van der Waals surface area contributed by atoms with Crippen LogP contribution in [0.4, 0.5) is 5.69 Å². The zero-order valence-corrected chi connectivity index (χ0v) is 19.9. The number of hydrogen-bond acceptors (Lipinski definition) is 5. The highest BCUT2D eigenvalue weighted by Gasteiger charge is 2.19. The van der Waals surface area contributed by atoms with Crippen molar-refractivity contribution in [3.63, 3.8) is 0 Å². The highest BCUT2D eigenvalue weighted by Crippen LogP contribution is 2.32. The van der Waals surface area contributed by atoms with Crippen LogP contribution in [-0.4, -0.2) is 62.5 Å². The van der Waals surface area contributed by atoms with E-state index in [9.17, 15) is 9.59 Å². The van der Waals surface area contributed by atoms with E-state index in [0.717, 1.165) is 42.7 Å². The van der Waals surface area contributed by atoms with Crippen LogP contribution in [0.1, 0.15) is 30.0 Å². The zero-order chi connectivity index (χ0) is 23.8. The molecule has 1 heterocycles. The van der Waals surface area contributed by atoms with E-state index in [2.05, 4.69) is 17.3 Å². The Balaban J connectivity index is 1.47. The average Bonchev–Trinajstić information content (AvgIpc) is 2.95. The van der Waals surface area contributed by atoms with E-state index in [4.69, 9.17) is 9.47 Å². The van der Waals surface area contributed by atoms with Crippen LogP contribution >= 0.6 is 0 Å². The largest absolute Gasteiger partial charge is 0.493 e. The Labute approximate surface area is 196 Å². The normalized spacial score (nSPS) is 13.0. The van der Waals surface area contributed by atoms with Gasteiger partial charge in [-0.2, -0.15) is 0 Å². The van der Waals surface area contributed by atoms with Gasteiger partial charge in [0.05, 0.1) is 20.6 Å². The molecular formula is C26H33N3O4. The van der Waals surface area contributed by atoms with Gasteiger partial charge in [-0.25, -0.2) is 0 Å². The lowest BCUT2D eigenvalue weighted by Gasteiger charge is -2.20. The second-order valence-corrected chi connectivity index (χ2v) is 8.27. The van der Waals surface area contributed by atoms with Crippen LogP contribution in [0.3, 0.4) is 0 Å². The lowest BCUT2D eigenvalue weighted by molar-refractivity contribution is -0.127. The highest BCUT2D eigenvalue weighted by atomic mass is 16.5. The van der Waals surface area contributed by atoms with Crippen LogP contribution in [0.2, 0.25) is 0 Å². The summed E-state index contributed by atoms with van der Waals surface area (Å²) in [4.78, 5) is 28.0. The molecule has 3 rings (SSSR count). The fourth-order valence-electron chi connectivity index (χ4n) is 3.86. The van der Waals surface area contributed by atoms with Gasteiger partial charge in [0.1, 0.15) is 0 Å². The molecule has 0 saturated heterocycles. The van der Waals surface area contributed by atoms with E-state index in [-0.39, 0.29) is 11.8 Å². The molecule has 33 heavy (non-hydrogen) atoms. The standard InChI is InChI=1S/C26H33N3O4/c1-19(30)27-23-8-6-20(7-9-23)10-14-28(2)12-5-13-29-15-11-21-16-24(32-3)25(33-4)17-22(21)18-26(29)31/h6-9,11,15-17H,5,10,12-14,18H2,1-4H3,(H,27,30). The van der Waals surface area contributed by atoms with Gasteiger partial charge < -0.3 is 24.6 Å². The Morgan fingerprint density at radius 2 is 1.79 bits per heavy atom. The summed E-state index contributed by atoms with van der Waals surface area (Å²) in [6.07, 6.45) is 6.00. The van der Waals surface area contributed by atoms with Gasteiger partial charge in [-0.15, -0.1) is 0 Å². The third-order valence-electron chi connectivity index (χ3n) is 5.74. The van der Waals surface area contributed by atoms with Crippen molar-refractivity contribution in [2.24, 2.45) is 0 Å². The average molecular weight is 452 g/mol. The molecule has 0 spiro atoms. The molecule has 0 atom stereocenters. The number of nitrogens with one attached hydrogen (secondary N) is 1. The fourth-order valence-corrected chi connectivity index (χ4v) is 3.86. The number of carbonyl (C=O) groups excluding carboxylic acids is 2. The second kappa shape index (κ2) is 11.5. The van der Waals surface area contributed by atoms with Crippen molar-refractivity contribution in [1.82, 2.24) is 9.80 Å². The number of fused-ring (bicyclic) bond motifs is 1. The summed E-state index contributed by atoms with van der Waals surface area (Å²) in [5, 5.41) is 2.78. The first-order valence-electron chi connectivity index (χ1n) is 11.2. The summed E-state index contributed by atoms with van der Waals surface area (Å²) in [6, 6.07) is 11.7. The minimum atomic E-state index is -0.0662. The van der Waals surface area contributed by atoms with Gasteiger partial charge in [0.15, 0.2) is 11.5 Å². The van der Waals surface area contributed by atoms with Crippen LogP contribution in [0.5, 0.6) is 11.5 Å². The first-order chi connectivity index (χ1) is 15.9. The maximum atomic E-state index is 12.8. The van der Waals surface area contributed by atoms with Crippen LogP contribution in [0.15, 0.2) is 42.6 Å². The molecule has 2 aromatic rings. The summed E-state index contributed by atoms with van der Waals surface area (Å²) < 4.78 is 10.8. The van der Waals surface area contributed by atoms with Crippen molar-refractivity contribution in [2.45, 2.75) is 26.2 Å². The molecular weight excluding hydrogens is 418 g/mol. The lowest BCUT2D eigenvalue weighted by atomic mass is 10.0. The minimum Gasteiger partial charge on any atom is -0.493 e.